The number of hydrogen-bond acceptors (Lipinski definition) is 3. The maximum absolute atomic E-state index is 5.85. The number of hydrogen-bond donors (Lipinski definition) is 1. The highest BCUT2D eigenvalue weighted by Crippen LogP contribution is 2.24. The lowest BCUT2D eigenvalue weighted by atomic mass is 10.1. The van der Waals surface area contributed by atoms with Crippen LogP contribution in [0.2, 0.25) is 0 Å². The van der Waals surface area contributed by atoms with E-state index in [9.17, 15) is 0 Å². The average Bonchev–Trinajstić information content (AvgIpc) is 2.47. The third kappa shape index (κ3) is 2.23. The second-order valence-electron chi connectivity index (χ2n) is 3.98. The number of rotatable bonds is 2. The van der Waals surface area contributed by atoms with Crippen molar-refractivity contribution < 1.29 is 0 Å². The van der Waals surface area contributed by atoms with E-state index in [4.69, 9.17) is 5.73 Å². The van der Waals surface area contributed by atoms with Gasteiger partial charge in [0.25, 0.3) is 0 Å². The number of nitrogen functional groups attached to an aromatic ring is 1. The van der Waals surface area contributed by atoms with Crippen molar-refractivity contribution in [3.8, 4) is 0 Å². The SMILES string of the molecule is Cc1cc(N)n(CC2CCCSC2)n1. The zero-order chi connectivity index (χ0) is 9.97. The van der Waals surface area contributed by atoms with E-state index in [-0.39, 0.29) is 0 Å². The monoisotopic (exact) mass is 211 g/mol. The third-order valence-corrected chi connectivity index (χ3v) is 3.90. The zero-order valence-electron chi connectivity index (χ0n) is 8.57. The van der Waals surface area contributed by atoms with Crippen molar-refractivity contribution in [1.29, 1.82) is 0 Å². The lowest BCUT2D eigenvalue weighted by Crippen LogP contribution is -2.19. The van der Waals surface area contributed by atoms with Gasteiger partial charge in [-0.25, -0.2) is 4.68 Å². The first-order valence-corrected chi connectivity index (χ1v) is 6.29. The van der Waals surface area contributed by atoms with Crippen LogP contribution in [-0.2, 0) is 6.54 Å². The maximum Gasteiger partial charge on any atom is 0.121 e. The van der Waals surface area contributed by atoms with Gasteiger partial charge in [0.1, 0.15) is 5.82 Å². The first-order chi connectivity index (χ1) is 6.75. The van der Waals surface area contributed by atoms with Gasteiger partial charge >= 0.3 is 0 Å². The van der Waals surface area contributed by atoms with Gasteiger partial charge in [0.05, 0.1) is 5.69 Å². The quantitative estimate of drug-likeness (QED) is 0.812. The summed E-state index contributed by atoms with van der Waals surface area (Å²) in [4.78, 5) is 0. The summed E-state index contributed by atoms with van der Waals surface area (Å²) >= 11 is 2.05. The van der Waals surface area contributed by atoms with Crippen LogP contribution in [0.4, 0.5) is 5.82 Å². The molecule has 14 heavy (non-hydrogen) atoms. The van der Waals surface area contributed by atoms with Gasteiger partial charge in [0.2, 0.25) is 0 Å². The van der Waals surface area contributed by atoms with Gasteiger partial charge in [-0.05, 0) is 37.2 Å². The fourth-order valence-corrected chi connectivity index (χ4v) is 3.05. The Labute approximate surface area is 89.1 Å². The molecular weight excluding hydrogens is 194 g/mol. The minimum Gasteiger partial charge on any atom is -0.384 e. The minimum atomic E-state index is 0.760. The normalized spacial score (nSPS) is 22.5. The fraction of sp³-hybridized carbons (Fsp3) is 0.700. The molecule has 1 aromatic rings. The Kier molecular flexibility index (Phi) is 3.01. The highest BCUT2D eigenvalue weighted by atomic mass is 32.2. The third-order valence-electron chi connectivity index (χ3n) is 2.62. The van der Waals surface area contributed by atoms with E-state index in [0.29, 0.717) is 0 Å². The molecule has 1 aliphatic rings. The molecule has 1 unspecified atom stereocenters. The molecule has 1 aliphatic heterocycles. The molecule has 3 nitrogen and oxygen atoms in total. The zero-order valence-corrected chi connectivity index (χ0v) is 9.39. The van der Waals surface area contributed by atoms with E-state index in [2.05, 4.69) is 16.9 Å². The Morgan fingerprint density at radius 1 is 1.71 bits per heavy atom. The molecule has 0 spiro atoms. The standard InChI is InChI=1S/C10H17N3S/c1-8-5-10(11)13(12-8)6-9-3-2-4-14-7-9/h5,9H,2-4,6-7,11H2,1H3. The number of anilines is 1. The summed E-state index contributed by atoms with van der Waals surface area (Å²) < 4.78 is 1.95. The van der Waals surface area contributed by atoms with Gasteiger partial charge in [0.15, 0.2) is 0 Å². The van der Waals surface area contributed by atoms with Crippen LogP contribution in [0.3, 0.4) is 0 Å². The van der Waals surface area contributed by atoms with Crippen LogP contribution in [0, 0.1) is 12.8 Å². The summed E-state index contributed by atoms with van der Waals surface area (Å²) in [5.74, 6) is 4.15. The average molecular weight is 211 g/mol. The van der Waals surface area contributed by atoms with Gasteiger partial charge < -0.3 is 5.73 Å². The van der Waals surface area contributed by atoms with Crippen molar-refractivity contribution >= 4 is 17.6 Å². The predicted octanol–water partition coefficient (Wildman–Crippen LogP) is 1.92. The van der Waals surface area contributed by atoms with Crippen LogP contribution in [-0.4, -0.2) is 21.3 Å². The highest BCUT2D eigenvalue weighted by molar-refractivity contribution is 7.99. The molecule has 0 bridgehead atoms. The van der Waals surface area contributed by atoms with Crippen LogP contribution in [0.15, 0.2) is 6.07 Å². The summed E-state index contributed by atoms with van der Waals surface area (Å²) in [6.45, 7) is 2.98. The van der Waals surface area contributed by atoms with Crippen LogP contribution in [0.1, 0.15) is 18.5 Å². The van der Waals surface area contributed by atoms with Gasteiger partial charge in [0, 0.05) is 12.6 Å². The van der Waals surface area contributed by atoms with Crippen molar-refractivity contribution in [1.82, 2.24) is 9.78 Å². The largest absolute Gasteiger partial charge is 0.384 e. The van der Waals surface area contributed by atoms with E-state index in [0.717, 1.165) is 24.0 Å². The molecule has 1 fully saturated rings. The number of nitrogens with two attached hydrogens (primary N) is 1. The molecule has 1 saturated heterocycles. The Morgan fingerprint density at radius 2 is 2.57 bits per heavy atom. The number of aryl methyl sites for hydroxylation is 1. The maximum atomic E-state index is 5.85. The van der Waals surface area contributed by atoms with Gasteiger partial charge in [-0.2, -0.15) is 16.9 Å². The van der Waals surface area contributed by atoms with E-state index in [1.54, 1.807) is 0 Å². The number of thioether (sulfide) groups is 1. The number of aromatic nitrogens is 2. The first kappa shape index (κ1) is 9.90. The van der Waals surface area contributed by atoms with Crippen molar-refractivity contribution in [3.63, 3.8) is 0 Å². The second-order valence-corrected chi connectivity index (χ2v) is 5.13. The van der Waals surface area contributed by atoms with E-state index < -0.39 is 0 Å². The Bertz CT molecular complexity index is 302. The number of nitrogens with zero attached hydrogens (tertiary/aromatic N) is 2. The van der Waals surface area contributed by atoms with Crippen molar-refractivity contribution in [3.05, 3.63) is 11.8 Å². The van der Waals surface area contributed by atoms with Crippen LogP contribution >= 0.6 is 11.8 Å². The lowest BCUT2D eigenvalue weighted by Gasteiger charge is -2.21. The molecule has 0 aliphatic carbocycles. The minimum absolute atomic E-state index is 0.760. The van der Waals surface area contributed by atoms with Crippen molar-refractivity contribution in [2.45, 2.75) is 26.3 Å². The van der Waals surface area contributed by atoms with E-state index >= 15 is 0 Å². The molecule has 0 saturated carbocycles. The summed E-state index contributed by atoms with van der Waals surface area (Å²) in [6.07, 6.45) is 2.67. The summed E-state index contributed by atoms with van der Waals surface area (Å²) in [7, 11) is 0. The molecule has 0 aromatic carbocycles. The summed E-state index contributed by atoms with van der Waals surface area (Å²) in [6, 6.07) is 1.94. The molecule has 78 valence electrons. The molecule has 2 N–H and O–H groups in total. The Morgan fingerprint density at radius 3 is 3.14 bits per heavy atom. The topological polar surface area (TPSA) is 43.8 Å². The summed E-state index contributed by atoms with van der Waals surface area (Å²) in [5.41, 5.74) is 6.87. The molecule has 0 radical (unpaired) electrons. The molecule has 4 heteroatoms. The van der Waals surface area contributed by atoms with Gasteiger partial charge in [-0.15, -0.1) is 0 Å². The summed E-state index contributed by atoms with van der Waals surface area (Å²) in [5, 5.41) is 4.39. The first-order valence-electron chi connectivity index (χ1n) is 5.13. The Balaban J connectivity index is 1.98. The van der Waals surface area contributed by atoms with Crippen molar-refractivity contribution in [2.24, 2.45) is 5.92 Å². The van der Waals surface area contributed by atoms with Crippen LogP contribution < -0.4 is 5.73 Å². The Hall–Kier alpha value is -0.640. The second kappa shape index (κ2) is 4.26. The van der Waals surface area contributed by atoms with E-state index in [1.165, 1.54) is 24.3 Å². The van der Waals surface area contributed by atoms with Gasteiger partial charge in [-0.3, -0.25) is 0 Å². The molecule has 0 amide bonds. The van der Waals surface area contributed by atoms with Crippen molar-refractivity contribution in [2.75, 3.05) is 17.2 Å². The van der Waals surface area contributed by atoms with Crippen LogP contribution in [0.5, 0.6) is 0 Å². The molecule has 2 rings (SSSR count). The highest BCUT2D eigenvalue weighted by Gasteiger charge is 2.15. The lowest BCUT2D eigenvalue weighted by molar-refractivity contribution is 0.423. The fourth-order valence-electron chi connectivity index (χ4n) is 1.91. The predicted molar refractivity (Wildman–Crippen MR) is 61.4 cm³/mol. The molecule has 1 aromatic heterocycles. The van der Waals surface area contributed by atoms with E-state index in [1.807, 2.05) is 17.7 Å². The molecular formula is C10H17N3S. The van der Waals surface area contributed by atoms with Crippen LogP contribution in [0.25, 0.3) is 0 Å². The smallest absolute Gasteiger partial charge is 0.121 e. The molecule has 2 heterocycles. The van der Waals surface area contributed by atoms with Gasteiger partial charge in [-0.1, -0.05) is 0 Å². The molecule has 1 atom stereocenters.